The van der Waals surface area contributed by atoms with Crippen molar-refractivity contribution in [2.24, 2.45) is 0 Å². The molecule has 0 bridgehead atoms. The Balaban J connectivity index is 1.51. The minimum absolute atomic E-state index is 0.135. The van der Waals surface area contributed by atoms with E-state index < -0.39 is 23.4 Å². The third kappa shape index (κ3) is 5.58. The van der Waals surface area contributed by atoms with E-state index in [1.54, 1.807) is 24.3 Å². The van der Waals surface area contributed by atoms with Crippen LogP contribution in [0.25, 0.3) is 0 Å². The molecule has 0 saturated carbocycles. The third-order valence-corrected chi connectivity index (χ3v) is 6.74. The maximum Gasteiger partial charge on any atom is 0.338 e. The van der Waals surface area contributed by atoms with Crippen LogP contribution in [-0.4, -0.2) is 46.9 Å². The lowest BCUT2D eigenvalue weighted by Crippen LogP contribution is -2.43. The van der Waals surface area contributed by atoms with E-state index in [1.165, 1.54) is 0 Å². The molecule has 3 heterocycles. The van der Waals surface area contributed by atoms with Gasteiger partial charge in [0.2, 0.25) is 17.8 Å². The van der Waals surface area contributed by atoms with Gasteiger partial charge in [-0.3, -0.25) is 19.4 Å². The highest BCUT2D eigenvalue weighted by Crippen LogP contribution is 2.31. The van der Waals surface area contributed by atoms with Crippen molar-refractivity contribution in [1.29, 1.82) is 0 Å². The Hall–Kier alpha value is -3.69. The van der Waals surface area contributed by atoms with Gasteiger partial charge in [-0.2, -0.15) is 4.98 Å². The Labute approximate surface area is 209 Å². The van der Waals surface area contributed by atoms with Crippen LogP contribution in [0.15, 0.2) is 29.1 Å². The van der Waals surface area contributed by atoms with Crippen molar-refractivity contribution in [3.63, 3.8) is 0 Å². The summed E-state index contributed by atoms with van der Waals surface area (Å²) >= 11 is 0. The van der Waals surface area contributed by atoms with E-state index in [2.05, 4.69) is 32.4 Å². The lowest BCUT2D eigenvalue weighted by Gasteiger charge is -2.36. The molecular weight excluding hydrogens is 462 g/mol. The maximum absolute atomic E-state index is 13.1. The topological polar surface area (TPSA) is 133 Å². The van der Waals surface area contributed by atoms with Crippen LogP contribution in [0.5, 0.6) is 0 Å². The standard InChI is InChI=1S/C26H33N5O5/c1-3-5-14-36-25(35)16-9-11-17(12-10-16)27-23(33)19-15-20(32)28-22-21(19)24(34)30-26(29-22)31-13-7-6-8-18(31)4-2/h9-12,18-19H,3-8,13-15H2,1-2H3,(H,27,33)(H2,28,29,30,32,34)/t18-,19-/m1/s1. The monoisotopic (exact) mass is 495 g/mol. The van der Waals surface area contributed by atoms with Crippen molar-refractivity contribution in [1.82, 2.24) is 9.97 Å². The van der Waals surface area contributed by atoms with Crippen LogP contribution in [0.2, 0.25) is 0 Å². The molecule has 2 amide bonds. The highest BCUT2D eigenvalue weighted by Gasteiger charge is 2.36. The molecule has 2 aromatic rings. The number of esters is 1. The normalized spacial score (nSPS) is 19.3. The average Bonchev–Trinajstić information content (AvgIpc) is 2.88. The zero-order chi connectivity index (χ0) is 25.7. The largest absolute Gasteiger partial charge is 0.462 e. The Morgan fingerprint density at radius 2 is 1.94 bits per heavy atom. The number of benzene rings is 1. The van der Waals surface area contributed by atoms with Gasteiger partial charge in [-0.15, -0.1) is 0 Å². The van der Waals surface area contributed by atoms with Crippen LogP contribution in [0.1, 0.15) is 80.6 Å². The smallest absolute Gasteiger partial charge is 0.338 e. The van der Waals surface area contributed by atoms with Crippen molar-refractivity contribution in [3.05, 3.63) is 45.7 Å². The van der Waals surface area contributed by atoms with Gasteiger partial charge in [0.05, 0.1) is 23.7 Å². The molecule has 10 heteroatoms. The number of carbonyl (C=O) groups excluding carboxylic acids is 3. The highest BCUT2D eigenvalue weighted by molar-refractivity contribution is 6.04. The zero-order valence-electron chi connectivity index (χ0n) is 20.8. The predicted octanol–water partition coefficient (Wildman–Crippen LogP) is 3.56. The second-order valence-corrected chi connectivity index (χ2v) is 9.26. The van der Waals surface area contributed by atoms with Crippen LogP contribution in [-0.2, 0) is 14.3 Å². The van der Waals surface area contributed by atoms with Gasteiger partial charge in [0.25, 0.3) is 5.56 Å². The molecule has 0 unspecified atom stereocenters. The molecular formula is C26H33N5O5. The fourth-order valence-electron chi connectivity index (χ4n) is 4.73. The van der Waals surface area contributed by atoms with Gasteiger partial charge in [-0.25, -0.2) is 4.79 Å². The molecule has 0 radical (unpaired) electrons. The number of aromatic nitrogens is 2. The molecule has 2 atom stereocenters. The van der Waals surface area contributed by atoms with Gasteiger partial charge in [-0.1, -0.05) is 20.3 Å². The van der Waals surface area contributed by atoms with Crippen molar-refractivity contribution >= 4 is 35.2 Å². The van der Waals surface area contributed by atoms with E-state index in [-0.39, 0.29) is 29.8 Å². The fourth-order valence-corrected chi connectivity index (χ4v) is 4.73. The first-order valence-electron chi connectivity index (χ1n) is 12.7. The molecule has 4 rings (SSSR count). The number of H-pyrrole nitrogens is 1. The maximum atomic E-state index is 13.1. The number of nitrogens with one attached hydrogen (secondary N) is 3. The number of anilines is 3. The first-order valence-corrected chi connectivity index (χ1v) is 12.7. The molecule has 10 nitrogen and oxygen atoms in total. The quantitative estimate of drug-likeness (QED) is 0.377. The average molecular weight is 496 g/mol. The molecule has 192 valence electrons. The number of unbranched alkanes of at least 4 members (excludes halogenated alkanes) is 1. The number of nitrogens with zero attached hydrogens (tertiary/aromatic N) is 2. The third-order valence-electron chi connectivity index (χ3n) is 6.74. The number of ether oxygens (including phenoxy) is 1. The van der Waals surface area contributed by atoms with Crippen LogP contribution in [0.4, 0.5) is 17.5 Å². The molecule has 1 aromatic heterocycles. The molecule has 36 heavy (non-hydrogen) atoms. The van der Waals surface area contributed by atoms with Gasteiger partial charge >= 0.3 is 5.97 Å². The number of rotatable bonds is 8. The summed E-state index contributed by atoms with van der Waals surface area (Å²) < 4.78 is 5.20. The van der Waals surface area contributed by atoms with Crippen molar-refractivity contribution in [2.75, 3.05) is 28.7 Å². The summed E-state index contributed by atoms with van der Waals surface area (Å²) in [5.41, 5.74) is 0.540. The van der Waals surface area contributed by atoms with Crippen LogP contribution < -0.4 is 21.1 Å². The number of hydrogen-bond donors (Lipinski definition) is 3. The van der Waals surface area contributed by atoms with Gasteiger partial charge in [0.1, 0.15) is 5.82 Å². The van der Waals surface area contributed by atoms with E-state index in [9.17, 15) is 19.2 Å². The zero-order valence-corrected chi connectivity index (χ0v) is 20.8. The summed E-state index contributed by atoms with van der Waals surface area (Å²) in [5.74, 6) is -1.71. The summed E-state index contributed by atoms with van der Waals surface area (Å²) in [6, 6.07) is 6.57. The minimum Gasteiger partial charge on any atom is -0.462 e. The van der Waals surface area contributed by atoms with Gasteiger partial charge in [0, 0.05) is 24.7 Å². The number of piperidine rings is 1. The molecule has 2 aliphatic heterocycles. The van der Waals surface area contributed by atoms with Crippen LogP contribution >= 0.6 is 0 Å². The van der Waals surface area contributed by atoms with Gasteiger partial charge in [0.15, 0.2) is 0 Å². The van der Waals surface area contributed by atoms with E-state index in [0.717, 1.165) is 45.1 Å². The molecule has 0 spiro atoms. The summed E-state index contributed by atoms with van der Waals surface area (Å²) in [6.45, 7) is 5.25. The van der Waals surface area contributed by atoms with Crippen molar-refractivity contribution in [2.45, 2.75) is 70.8 Å². The minimum atomic E-state index is -0.985. The lowest BCUT2D eigenvalue weighted by atomic mass is 9.92. The van der Waals surface area contributed by atoms with E-state index in [1.807, 2.05) is 6.92 Å². The Bertz CT molecular complexity index is 1180. The second kappa shape index (κ2) is 11.4. The van der Waals surface area contributed by atoms with Crippen molar-refractivity contribution in [3.8, 4) is 0 Å². The predicted molar refractivity (Wildman–Crippen MR) is 136 cm³/mol. The molecule has 3 N–H and O–H groups in total. The number of hydrogen-bond acceptors (Lipinski definition) is 7. The van der Waals surface area contributed by atoms with E-state index in [0.29, 0.717) is 23.8 Å². The SMILES string of the molecule is CCCCOC(=O)c1ccc(NC(=O)[C@@H]2CC(=O)Nc3nc(N4CCCC[C@H]4CC)[nH]c(=O)c32)cc1. The number of fused-ring (bicyclic) bond motifs is 1. The van der Waals surface area contributed by atoms with Crippen molar-refractivity contribution < 1.29 is 19.1 Å². The molecule has 1 aromatic carbocycles. The number of carbonyl (C=O) groups is 3. The summed E-state index contributed by atoms with van der Waals surface area (Å²) in [4.78, 5) is 60.3. The van der Waals surface area contributed by atoms with Crippen LogP contribution in [0, 0.1) is 0 Å². The molecule has 1 saturated heterocycles. The number of amides is 2. The Kier molecular flexibility index (Phi) is 8.02. The number of aromatic amines is 1. The fraction of sp³-hybridized carbons (Fsp3) is 0.500. The van der Waals surface area contributed by atoms with E-state index in [4.69, 9.17) is 4.74 Å². The molecule has 0 aliphatic carbocycles. The Morgan fingerprint density at radius 3 is 2.67 bits per heavy atom. The summed E-state index contributed by atoms with van der Waals surface area (Å²) in [5, 5.41) is 5.43. The van der Waals surface area contributed by atoms with Gasteiger partial charge in [-0.05, 0) is 56.4 Å². The highest BCUT2D eigenvalue weighted by atomic mass is 16.5. The molecule has 2 aliphatic rings. The molecule has 1 fully saturated rings. The van der Waals surface area contributed by atoms with Gasteiger partial charge < -0.3 is 20.3 Å². The Morgan fingerprint density at radius 1 is 1.17 bits per heavy atom. The van der Waals surface area contributed by atoms with Crippen LogP contribution in [0.3, 0.4) is 0 Å². The van der Waals surface area contributed by atoms with E-state index >= 15 is 0 Å². The summed E-state index contributed by atoms with van der Waals surface area (Å²) in [6.07, 6.45) is 5.64. The summed E-state index contributed by atoms with van der Waals surface area (Å²) in [7, 11) is 0. The lowest BCUT2D eigenvalue weighted by molar-refractivity contribution is -0.123. The first-order chi connectivity index (χ1) is 17.4. The first kappa shape index (κ1) is 25.4. The second-order valence-electron chi connectivity index (χ2n) is 9.26.